The number of hydrogen-bond acceptors (Lipinski definition) is 3. The maximum absolute atomic E-state index is 12.1. The van der Waals surface area contributed by atoms with Gasteiger partial charge >= 0.3 is 5.97 Å². The summed E-state index contributed by atoms with van der Waals surface area (Å²) < 4.78 is 5.05. The number of unbranched alkanes of at least 4 members (excludes halogenated alkanes) is 2. The van der Waals surface area contributed by atoms with Crippen LogP contribution in [0.25, 0.3) is 0 Å². The lowest BCUT2D eigenvalue weighted by atomic mass is 10.0. The number of rotatable bonds is 6. The van der Waals surface area contributed by atoms with Gasteiger partial charge in [-0.15, -0.1) is 0 Å². The van der Waals surface area contributed by atoms with Gasteiger partial charge in [-0.1, -0.05) is 19.8 Å². The summed E-state index contributed by atoms with van der Waals surface area (Å²) in [5.74, 6) is -0.123. The minimum Gasteiger partial charge on any atom is -0.464 e. The fourth-order valence-corrected chi connectivity index (χ4v) is 2.38. The highest BCUT2D eigenvalue weighted by atomic mass is 16.5. The Morgan fingerprint density at radius 1 is 1.22 bits per heavy atom. The summed E-state index contributed by atoms with van der Waals surface area (Å²) in [5.41, 5.74) is 0. The number of nitrogens with zero attached hydrogens (tertiary/aromatic N) is 1. The Balaban J connectivity index is 2.52. The molecular formula is C14H25NO3. The third-order valence-electron chi connectivity index (χ3n) is 3.38. The van der Waals surface area contributed by atoms with Crippen LogP contribution in [0, 0.1) is 0 Å². The molecule has 18 heavy (non-hydrogen) atoms. The van der Waals surface area contributed by atoms with Gasteiger partial charge in [0.1, 0.15) is 6.04 Å². The van der Waals surface area contributed by atoms with E-state index in [0.717, 1.165) is 38.5 Å². The predicted octanol–water partition coefficient (Wildman–Crippen LogP) is 2.51. The number of likely N-dealkylation sites (tertiary alicyclic amines) is 1. The molecule has 1 saturated heterocycles. The zero-order valence-corrected chi connectivity index (χ0v) is 11.6. The summed E-state index contributed by atoms with van der Waals surface area (Å²) in [6.07, 6.45) is 6.40. The van der Waals surface area contributed by atoms with E-state index in [-0.39, 0.29) is 17.9 Å². The van der Waals surface area contributed by atoms with Crippen LogP contribution >= 0.6 is 0 Å². The van der Waals surface area contributed by atoms with Gasteiger partial charge in [0.25, 0.3) is 0 Å². The molecule has 0 aliphatic carbocycles. The van der Waals surface area contributed by atoms with Crippen LogP contribution in [0.4, 0.5) is 0 Å². The van der Waals surface area contributed by atoms with Crippen molar-refractivity contribution in [2.24, 2.45) is 0 Å². The van der Waals surface area contributed by atoms with E-state index >= 15 is 0 Å². The first-order valence-electron chi connectivity index (χ1n) is 7.16. The first kappa shape index (κ1) is 15.0. The zero-order valence-electron chi connectivity index (χ0n) is 11.6. The van der Waals surface area contributed by atoms with Crippen molar-refractivity contribution >= 4 is 11.9 Å². The van der Waals surface area contributed by atoms with E-state index in [1.807, 2.05) is 0 Å². The number of hydrogen-bond donors (Lipinski definition) is 0. The van der Waals surface area contributed by atoms with E-state index in [1.54, 1.807) is 11.8 Å². The molecule has 1 aliphatic rings. The van der Waals surface area contributed by atoms with Gasteiger partial charge in [0.15, 0.2) is 0 Å². The van der Waals surface area contributed by atoms with Crippen molar-refractivity contribution in [2.45, 2.75) is 64.8 Å². The molecule has 1 unspecified atom stereocenters. The molecule has 0 N–H and O–H groups in total. The van der Waals surface area contributed by atoms with Crippen molar-refractivity contribution < 1.29 is 14.3 Å². The molecular weight excluding hydrogens is 230 g/mol. The van der Waals surface area contributed by atoms with Crippen LogP contribution in [0.1, 0.15) is 58.8 Å². The summed E-state index contributed by atoms with van der Waals surface area (Å²) in [6, 6.07) is -0.340. The first-order chi connectivity index (χ1) is 8.70. The maximum Gasteiger partial charge on any atom is 0.328 e. The van der Waals surface area contributed by atoms with Crippen molar-refractivity contribution in [3.63, 3.8) is 0 Å². The number of carbonyl (C=O) groups is 2. The lowest BCUT2D eigenvalue weighted by molar-refractivity contribution is -0.156. The molecule has 0 aromatic heterocycles. The Kier molecular flexibility index (Phi) is 6.76. The number of piperidine rings is 1. The normalized spacial score (nSPS) is 19.7. The molecule has 1 atom stereocenters. The molecule has 4 nitrogen and oxygen atoms in total. The van der Waals surface area contributed by atoms with Crippen molar-refractivity contribution in [3.05, 3.63) is 0 Å². The highest BCUT2D eigenvalue weighted by molar-refractivity contribution is 5.84. The Bertz CT molecular complexity index is 278. The van der Waals surface area contributed by atoms with Gasteiger partial charge < -0.3 is 9.64 Å². The molecule has 1 aliphatic heterocycles. The highest BCUT2D eigenvalue weighted by Crippen LogP contribution is 2.20. The van der Waals surface area contributed by atoms with E-state index in [9.17, 15) is 9.59 Å². The largest absolute Gasteiger partial charge is 0.464 e. The van der Waals surface area contributed by atoms with Crippen LogP contribution in [-0.2, 0) is 14.3 Å². The molecule has 1 rings (SSSR count). The SMILES string of the molecule is CCCCCC(=O)N1CCCCC1C(=O)OCC. The van der Waals surface area contributed by atoms with E-state index in [0.29, 0.717) is 19.6 Å². The Hall–Kier alpha value is -1.06. The highest BCUT2D eigenvalue weighted by Gasteiger charge is 2.32. The van der Waals surface area contributed by atoms with Crippen LogP contribution in [0.2, 0.25) is 0 Å². The van der Waals surface area contributed by atoms with Crippen LogP contribution in [-0.4, -0.2) is 36.0 Å². The maximum atomic E-state index is 12.1. The molecule has 4 heteroatoms. The lowest BCUT2D eigenvalue weighted by Crippen LogP contribution is -2.48. The number of carbonyl (C=O) groups excluding carboxylic acids is 2. The molecule has 0 aromatic rings. The van der Waals surface area contributed by atoms with Crippen molar-refractivity contribution in [3.8, 4) is 0 Å². The van der Waals surface area contributed by atoms with Crippen LogP contribution < -0.4 is 0 Å². The summed E-state index contributed by atoms with van der Waals surface area (Å²) in [6.45, 7) is 5.00. The van der Waals surface area contributed by atoms with Gasteiger partial charge in [0.05, 0.1) is 6.61 Å². The summed E-state index contributed by atoms with van der Waals surface area (Å²) >= 11 is 0. The molecule has 0 saturated carbocycles. The molecule has 104 valence electrons. The molecule has 0 bridgehead atoms. The van der Waals surface area contributed by atoms with Gasteiger partial charge in [-0.05, 0) is 32.6 Å². The second kappa shape index (κ2) is 8.11. The van der Waals surface area contributed by atoms with Gasteiger partial charge in [-0.25, -0.2) is 4.79 Å². The third-order valence-corrected chi connectivity index (χ3v) is 3.38. The van der Waals surface area contributed by atoms with Gasteiger partial charge in [-0.2, -0.15) is 0 Å². The fourth-order valence-electron chi connectivity index (χ4n) is 2.38. The number of ether oxygens (including phenoxy) is 1. The lowest BCUT2D eigenvalue weighted by Gasteiger charge is -2.34. The standard InChI is InChI=1S/C14H25NO3/c1-3-5-6-10-13(16)15-11-8-7-9-12(15)14(17)18-4-2/h12H,3-11H2,1-2H3. The Labute approximate surface area is 110 Å². The second-order valence-electron chi connectivity index (χ2n) is 4.81. The quantitative estimate of drug-likeness (QED) is 0.541. The minimum absolute atomic E-state index is 0.112. The zero-order chi connectivity index (χ0) is 13.4. The summed E-state index contributed by atoms with van der Waals surface area (Å²) in [5, 5.41) is 0. The molecule has 1 amide bonds. The average Bonchev–Trinajstić information content (AvgIpc) is 2.39. The number of amides is 1. The third kappa shape index (κ3) is 4.31. The average molecular weight is 255 g/mol. The number of esters is 1. The van der Waals surface area contributed by atoms with Crippen LogP contribution in [0.15, 0.2) is 0 Å². The molecule has 0 aromatic carbocycles. The summed E-state index contributed by atoms with van der Waals surface area (Å²) in [7, 11) is 0. The van der Waals surface area contributed by atoms with Gasteiger partial charge in [0.2, 0.25) is 5.91 Å². The minimum atomic E-state index is -0.340. The summed E-state index contributed by atoms with van der Waals surface area (Å²) in [4.78, 5) is 25.7. The van der Waals surface area contributed by atoms with E-state index in [1.165, 1.54) is 0 Å². The monoisotopic (exact) mass is 255 g/mol. The molecule has 1 heterocycles. The van der Waals surface area contributed by atoms with Crippen molar-refractivity contribution in [1.29, 1.82) is 0 Å². The Morgan fingerprint density at radius 2 is 2.00 bits per heavy atom. The molecule has 0 spiro atoms. The van der Waals surface area contributed by atoms with Crippen LogP contribution in [0.5, 0.6) is 0 Å². The fraction of sp³-hybridized carbons (Fsp3) is 0.857. The topological polar surface area (TPSA) is 46.6 Å². The molecule has 0 radical (unpaired) electrons. The van der Waals surface area contributed by atoms with Gasteiger partial charge in [0, 0.05) is 13.0 Å². The second-order valence-corrected chi connectivity index (χ2v) is 4.81. The van der Waals surface area contributed by atoms with E-state index in [2.05, 4.69) is 6.92 Å². The molecule has 1 fully saturated rings. The first-order valence-corrected chi connectivity index (χ1v) is 7.16. The Morgan fingerprint density at radius 3 is 2.67 bits per heavy atom. The van der Waals surface area contributed by atoms with E-state index < -0.39 is 0 Å². The van der Waals surface area contributed by atoms with E-state index in [4.69, 9.17) is 4.74 Å². The smallest absolute Gasteiger partial charge is 0.328 e. The van der Waals surface area contributed by atoms with Crippen LogP contribution in [0.3, 0.4) is 0 Å². The predicted molar refractivity (Wildman–Crippen MR) is 70.1 cm³/mol. The van der Waals surface area contributed by atoms with Crippen molar-refractivity contribution in [2.75, 3.05) is 13.2 Å². The van der Waals surface area contributed by atoms with Crippen molar-refractivity contribution in [1.82, 2.24) is 4.90 Å². The van der Waals surface area contributed by atoms with Gasteiger partial charge in [-0.3, -0.25) is 4.79 Å².